The average Bonchev–Trinajstić information content (AvgIpc) is 3.28. The van der Waals surface area contributed by atoms with Crippen molar-refractivity contribution in [2.75, 3.05) is 18.0 Å². The van der Waals surface area contributed by atoms with Crippen molar-refractivity contribution in [2.45, 2.75) is 18.9 Å². The lowest BCUT2D eigenvalue weighted by Gasteiger charge is -2.34. The number of fused-ring (bicyclic) bond motifs is 1. The van der Waals surface area contributed by atoms with E-state index in [0.717, 1.165) is 30.8 Å². The second-order valence-corrected chi connectivity index (χ2v) is 7.73. The molecule has 0 aromatic carbocycles. The number of hydrogen-bond acceptors (Lipinski definition) is 6. The Morgan fingerprint density at radius 2 is 2.00 bits per heavy atom. The zero-order valence-electron chi connectivity index (χ0n) is 14.7. The molecule has 8 nitrogen and oxygen atoms in total. The van der Waals surface area contributed by atoms with Gasteiger partial charge in [-0.3, -0.25) is 14.3 Å². The van der Waals surface area contributed by atoms with E-state index in [9.17, 15) is 14.7 Å². The maximum Gasteiger partial charge on any atom is 0.329 e. The molecule has 0 amide bonds. The molecular weight excluding hydrogens is 354 g/mol. The van der Waals surface area contributed by atoms with Crippen LogP contribution in [0, 0.1) is 5.92 Å². The topological polar surface area (TPSA) is 96.2 Å². The lowest BCUT2D eigenvalue weighted by atomic mass is 9.90. The second-order valence-electron chi connectivity index (χ2n) is 6.75. The Labute approximate surface area is 153 Å². The van der Waals surface area contributed by atoms with Crippen molar-refractivity contribution >= 4 is 28.4 Å². The van der Waals surface area contributed by atoms with Gasteiger partial charge in [-0.2, -0.15) is 4.98 Å². The maximum atomic E-state index is 12.2. The number of anilines is 1. The lowest BCUT2D eigenvalue weighted by molar-refractivity contribution is 0.0959. The molecule has 0 spiro atoms. The van der Waals surface area contributed by atoms with Gasteiger partial charge in [-0.15, -0.1) is 11.3 Å². The zero-order valence-corrected chi connectivity index (χ0v) is 15.5. The molecule has 1 atom stereocenters. The molecule has 0 saturated carbocycles. The highest BCUT2D eigenvalue weighted by atomic mass is 32.1. The first kappa shape index (κ1) is 17.0. The van der Waals surface area contributed by atoms with Crippen LogP contribution in [0.4, 0.5) is 5.95 Å². The van der Waals surface area contributed by atoms with E-state index in [1.165, 1.54) is 4.57 Å². The number of piperidine rings is 1. The van der Waals surface area contributed by atoms with Gasteiger partial charge in [0.2, 0.25) is 5.95 Å². The molecule has 1 aliphatic heterocycles. The standard InChI is InChI=1S/C17H21N5O3S/c1-20-12-14(21(2)17(25)19-15(12)24)18-16(20)22-7-5-10(6-8-22)13(23)11-4-3-9-26-11/h3-4,9-10,13,23H,5-8H2,1-2H3,(H,19,24,25). The van der Waals surface area contributed by atoms with E-state index >= 15 is 0 Å². The highest BCUT2D eigenvalue weighted by Crippen LogP contribution is 2.34. The number of aromatic amines is 1. The molecular formula is C17H21N5O3S. The SMILES string of the molecule is Cn1c(N2CCC(C(O)c3cccs3)CC2)nc2c1c(=O)[nH]c(=O)n2C. The summed E-state index contributed by atoms with van der Waals surface area (Å²) in [6.45, 7) is 1.49. The van der Waals surface area contributed by atoms with Crippen molar-refractivity contribution in [1.29, 1.82) is 0 Å². The van der Waals surface area contributed by atoms with Gasteiger partial charge < -0.3 is 14.6 Å². The monoisotopic (exact) mass is 375 g/mol. The van der Waals surface area contributed by atoms with E-state index in [2.05, 4.69) is 14.9 Å². The molecule has 3 aromatic rings. The van der Waals surface area contributed by atoms with Crippen LogP contribution in [0.1, 0.15) is 23.8 Å². The van der Waals surface area contributed by atoms with Gasteiger partial charge >= 0.3 is 5.69 Å². The third kappa shape index (κ3) is 2.67. The van der Waals surface area contributed by atoms with Gasteiger partial charge in [0.15, 0.2) is 11.2 Å². The highest BCUT2D eigenvalue weighted by molar-refractivity contribution is 7.10. The summed E-state index contributed by atoms with van der Waals surface area (Å²) in [5, 5.41) is 12.5. The van der Waals surface area contributed by atoms with Crippen LogP contribution >= 0.6 is 11.3 Å². The lowest BCUT2D eigenvalue weighted by Crippen LogP contribution is -2.37. The molecule has 4 heterocycles. The average molecular weight is 375 g/mol. The van der Waals surface area contributed by atoms with Crippen LogP contribution in [0.15, 0.2) is 27.1 Å². The molecule has 3 aromatic heterocycles. The smallest absolute Gasteiger partial charge is 0.329 e. The second kappa shape index (κ2) is 6.40. The minimum absolute atomic E-state index is 0.215. The number of imidazole rings is 1. The van der Waals surface area contributed by atoms with Gasteiger partial charge in [-0.25, -0.2) is 4.79 Å². The minimum atomic E-state index is -0.468. The molecule has 2 N–H and O–H groups in total. The largest absolute Gasteiger partial charge is 0.387 e. The molecule has 1 aliphatic rings. The first-order valence-corrected chi connectivity index (χ1v) is 9.47. The fraction of sp³-hybridized carbons (Fsp3) is 0.471. The molecule has 26 heavy (non-hydrogen) atoms. The van der Waals surface area contributed by atoms with Crippen LogP contribution in [0.2, 0.25) is 0 Å². The van der Waals surface area contributed by atoms with Crippen LogP contribution in [0.25, 0.3) is 11.2 Å². The van der Waals surface area contributed by atoms with Crippen molar-refractivity contribution in [3.8, 4) is 0 Å². The summed E-state index contributed by atoms with van der Waals surface area (Å²) in [4.78, 5) is 33.9. The number of aliphatic hydroxyl groups excluding tert-OH is 1. The summed E-state index contributed by atoms with van der Waals surface area (Å²) in [6, 6.07) is 3.93. The molecule has 138 valence electrons. The van der Waals surface area contributed by atoms with Gasteiger partial charge in [0.05, 0.1) is 6.10 Å². The summed E-state index contributed by atoms with van der Waals surface area (Å²) in [6.07, 6.45) is 1.26. The van der Waals surface area contributed by atoms with E-state index < -0.39 is 17.4 Å². The van der Waals surface area contributed by atoms with Crippen LogP contribution in [-0.4, -0.2) is 37.3 Å². The Bertz CT molecular complexity index is 1040. The molecule has 1 unspecified atom stereocenters. The molecule has 0 aliphatic carbocycles. The van der Waals surface area contributed by atoms with Gasteiger partial charge in [0.25, 0.3) is 5.56 Å². The number of H-pyrrole nitrogens is 1. The Morgan fingerprint density at radius 1 is 1.27 bits per heavy atom. The Hall–Kier alpha value is -2.39. The number of aliphatic hydroxyl groups is 1. The molecule has 0 radical (unpaired) electrons. The molecule has 1 saturated heterocycles. The number of aromatic nitrogens is 4. The van der Waals surface area contributed by atoms with E-state index in [1.54, 1.807) is 30.0 Å². The first-order chi connectivity index (χ1) is 12.5. The van der Waals surface area contributed by atoms with Crippen LogP contribution < -0.4 is 16.1 Å². The van der Waals surface area contributed by atoms with Gasteiger partial charge in [-0.05, 0) is 30.2 Å². The number of hydrogen-bond donors (Lipinski definition) is 2. The van der Waals surface area contributed by atoms with Crippen LogP contribution in [0.5, 0.6) is 0 Å². The highest BCUT2D eigenvalue weighted by Gasteiger charge is 2.29. The number of nitrogens with one attached hydrogen (secondary N) is 1. The molecule has 0 bridgehead atoms. The first-order valence-electron chi connectivity index (χ1n) is 8.59. The van der Waals surface area contributed by atoms with Gasteiger partial charge in [0.1, 0.15) is 0 Å². The minimum Gasteiger partial charge on any atom is -0.387 e. The Balaban J connectivity index is 1.59. The summed E-state index contributed by atoms with van der Waals surface area (Å²) < 4.78 is 3.09. The number of aryl methyl sites for hydroxylation is 2. The van der Waals surface area contributed by atoms with E-state index in [1.807, 2.05) is 17.5 Å². The van der Waals surface area contributed by atoms with Crippen molar-refractivity contribution < 1.29 is 5.11 Å². The molecule has 1 fully saturated rings. The predicted molar refractivity (Wildman–Crippen MR) is 101 cm³/mol. The maximum absolute atomic E-state index is 12.2. The fourth-order valence-electron chi connectivity index (χ4n) is 3.69. The van der Waals surface area contributed by atoms with Crippen molar-refractivity contribution in [3.63, 3.8) is 0 Å². The van der Waals surface area contributed by atoms with Crippen LogP contribution in [-0.2, 0) is 14.1 Å². The van der Waals surface area contributed by atoms with Gasteiger partial charge in [-0.1, -0.05) is 6.07 Å². The zero-order chi connectivity index (χ0) is 18.4. The Kier molecular flexibility index (Phi) is 4.20. The van der Waals surface area contributed by atoms with Gasteiger partial charge in [0, 0.05) is 32.1 Å². The predicted octanol–water partition coefficient (Wildman–Crippen LogP) is 0.972. The van der Waals surface area contributed by atoms with Crippen molar-refractivity contribution in [2.24, 2.45) is 20.0 Å². The van der Waals surface area contributed by atoms with Crippen LogP contribution in [0.3, 0.4) is 0 Å². The third-order valence-corrected chi connectivity index (χ3v) is 6.16. The number of nitrogens with zero attached hydrogens (tertiary/aromatic N) is 4. The summed E-state index contributed by atoms with van der Waals surface area (Å²) in [5.74, 6) is 0.892. The van der Waals surface area contributed by atoms with E-state index in [-0.39, 0.29) is 5.92 Å². The molecule has 9 heteroatoms. The van der Waals surface area contributed by atoms with E-state index in [4.69, 9.17) is 0 Å². The summed E-state index contributed by atoms with van der Waals surface area (Å²) >= 11 is 1.58. The summed E-state index contributed by atoms with van der Waals surface area (Å²) in [7, 11) is 3.39. The molecule has 4 rings (SSSR count). The number of rotatable bonds is 3. The summed E-state index contributed by atoms with van der Waals surface area (Å²) in [5.41, 5.74) is -0.114. The quantitative estimate of drug-likeness (QED) is 0.711. The number of thiophene rings is 1. The van der Waals surface area contributed by atoms with E-state index in [0.29, 0.717) is 17.1 Å². The normalized spacial score (nSPS) is 17.1. The van der Waals surface area contributed by atoms with Crippen molar-refractivity contribution in [3.05, 3.63) is 43.2 Å². The third-order valence-electron chi connectivity index (χ3n) is 5.21. The Morgan fingerprint density at radius 3 is 2.65 bits per heavy atom. The van der Waals surface area contributed by atoms with Crippen molar-refractivity contribution in [1.82, 2.24) is 19.1 Å². The fourth-order valence-corrected chi connectivity index (χ4v) is 4.49.